The lowest BCUT2D eigenvalue weighted by atomic mass is 10.0. The van der Waals surface area contributed by atoms with Crippen molar-refractivity contribution < 1.29 is 35.9 Å². The summed E-state index contributed by atoms with van der Waals surface area (Å²) >= 11 is 0. The van der Waals surface area contributed by atoms with Gasteiger partial charge in [0, 0.05) is 43.8 Å². The van der Waals surface area contributed by atoms with E-state index in [1.807, 2.05) is 0 Å². The van der Waals surface area contributed by atoms with Gasteiger partial charge in [-0.2, -0.15) is 36.4 Å². The summed E-state index contributed by atoms with van der Waals surface area (Å²) in [7, 11) is 1.41. The summed E-state index contributed by atoms with van der Waals surface area (Å²) in [5.41, 5.74) is 1.11. The van der Waals surface area contributed by atoms with E-state index < -0.39 is 35.5 Å². The van der Waals surface area contributed by atoms with Crippen molar-refractivity contribution in [2.24, 2.45) is 0 Å². The SMILES string of the molecule is CNC(=O)c1ccccc1Nc1nc(Nc2ccc(-c3cnn(C4CCN(C(=O)C(F)(F)F)CC4)c3)cc2)ncc1C(F)(F)F. The Kier molecular flexibility index (Phi) is 8.66. The van der Waals surface area contributed by atoms with Crippen molar-refractivity contribution in [3.05, 3.63) is 78.2 Å². The number of likely N-dealkylation sites (tertiary alicyclic amines) is 1. The van der Waals surface area contributed by atoms with Crippen LogP contribution < -0.4 is 16.0 Å². The minimum atomic E-state index is -4.90. The number of halogens is 6. The Hall–Kier alpha value is -5.15. The van der Waals surface area contributed by atoms with E-state index >= 15 is 0 Å². The minimum absolute atomic E-state index is 0.0254. The van der Waals surface area contributed by atoms with Crippen LogP contribution in [-0.2, 0) is 11.0 Å². The third kappa shape index (κ3) is 7.16. The van der Waals surface area contributed by atoms with Crippen molar-refractivity contribution in [3.8, 4) is 11.1 Å². The molecule has 5 rings (SSSR count). The minimum Gasteiger partial charge on any atom is -0.355 e. The number of benzene rings is 2. The quantitative estimate of drug-likeness (QED) is 0.216. The Labute approximate surface area is 252 Å². The molecule has 2 aromatic carbocycles. The fourth-order valence-electron chi connectivity index (χ4n) is 4.87. The van der Waals surface area contributed by atoms with Crippen LogP contribution in [0.2, 0.25) is 0 Å². The number of aromatic nitrogens is 4. The molecule has 10 nitrogen and oxygen atoms in total. The van der Waals surface area contributed by atoms with Gasteiger partial charge in [-0.05, 0) is 42.7 Å². The van der Waals surface area contributed by atoms with Crippen LogP contribution in [0, 0.1) is 0 Å². The fraction of sp³-hybridized carbons (Fsp3) is 0.276. The fourth-order valence-corrected chi connectivity index (χ4v) is 4.87. The van der Waals surface area contributed by atoms with Gasteiger partial charge in [0.1, 0.15) is 11.4 Å². The van der Waals surface area contributed by atoms with E-state index in [-0.39, 0.29) is 36.3 Å². The number of hydrogen-bond acceptors (Lipinski definition) is 7. The van der Waals surface area contributed by atoms with Crippen LogP contribution in [0.15, 0.2) is 67.1 Å². The van der Waals surface area contributed by atoms with Crippen LogP contribution in [-0.4, -0.2) is 62.8 Å². The van der Waals surface area contributed by atoms with Crippen LogP contribution in [0.5, 0.6) is 0 Å². The maximum Gasteiger partial charge on any atom is 0.471 e. The summed E-state index contributed by atoms with van der Waals surface area (Å²) < 4.78 is 81.2. The molecule has 0 spiro atoms. The highest BCUT2D eigenvalue weighted by Gasteiger charge is 2.43. The molecule has 236 valence electrons. The van der Waals surface area contributed by atoms with Crippen molar-refractivity contribution in [2.75, 3.05) is 30.8 Å². The van der Waals surface area contributed by atoms with Crippen LogP contribution in [0.1, 0.15) is 34.8 Å². The zero-order chi connectivity index (χ0) is 32.4. The number of anilines is 4. The van der Waals surface area contributed by atoms with Crippen LogP contribution in [0.3, 0.4) is 0 Å². The van der Waals surface area contributed by atoms with Crippen molar-refractivity contribution in [2.45, 2.75) is 31.2 Å². The molecule has 16 heteroatoms. The predicted octanol–water partition coefficient (Wildman–Crippen LogP) is 5.93. The molecule has 4 aromatic rings. The second kappa shape index (κ2) is 12.5. The van der Waals surface area contributed by atoms with Gasteiger partial charge in [-0.3, -0.25) is 14.3 Å². The highest BCUT2D eigenvalue weighted by Crippen LogP contribution is 2.36. The summed E-state index contributed by atoms with van der Waals surface area (Å²) in [4.78, 5) is 32.4. The summed E-state index contributed by atoms with van der Waals surface area (Å²) in [6, 6.07) is 12.7. The molecule has 0 aliphatic carbocycles. The van der Waals surface area contributed by atoms with Crippen LogP contribution in [0.4, 0.5) is 49.5 Å². The van der Waals surface area contributed by atoms with Crippen molar-refractivity contribution in [1.29, 1.82) is 0 Å². The number of piperidine rings is 1. The zero-order valence-electron chi connectivity index (χ0n) is 23.6. The summed E-state index contributed by atoms with van der Waals surface area (Å²) in [5, 5.41) is 12.3. The topological polar surface area (TPSA) is 117 Å². The van der Waals surface area contributed by atoms with Gasteiger partial charge in [0.25, 0.3) is 5.91 Å². The van der Waals surface area contributed by atoms with Crippen molar-refractivity contribution in [3.63, 3.8) is 0 Å². The third-order valence-corrected chi connectivity index (χ3v) is 7.19. The normalized spacial score (nSPS) is 14.2. The lowest BCUT2D eigenvalue weighted by Gasteiger charge is -2.32. The Bertz CT molecular complexity index is 1680. The summed E-state index contributed by atoms with van der Waals surface area (Å²) in [6.45, 7) is -0.0508. The number of carbonyl (C=O) groups is 2. The molecule has 0 bridgehead atoms. The van der Waals surface area contributed by atoms with E-state index in [2.05, 4.69) is 31.0 Å². The molecule has 45 heavy (non-hydrogen) atoms. The Morgan fingerprint density at radius 1 is 0.889 bits per heavy atom. The van der Waals surface area contributed by atoms with Gasteiger partial charge >= 0.3 is 18.3 Å². The van der Waals surface area contributed by atoms with Gasteiger partial charge in [-0.1, -0.05) is 24.3 Å². The molecule has 0 unspecified atom stereocenters. The third-order valence-electron chi connectivity index (χ3n) is 7.19. The Balaban J connectivity index is 1.28. The maximum atomic E-state index is 13.8. The molecule has 0 radical (unpaired) electrons. The lowest BCUT2D eigenvalue weighted by molar-refractivity contribution is -0.186. The van der Waals surface area contributed by atoms with Gasteiger partial charge in [-0.25, -0.2) is 4.98 Å². The first-order valence-electron chi connectivity index (χ1n) is 13.6. The van der Waals surface area contributed by atoms with E-state index in [9.17, 15) is 35.9 Å². The average molecular weight is 633 g/mol. The van der Waals surface area contributed by atoms with E-state index in [0.717, 1.165) is 16.0 Å². The number of amides is 2. The standard InChI is InChI=1S/C29H26F6N8O2/c1-36-25(44)21-4-2-3-5-23(21)40-24-22(28(30,31)32)15-37-27(41-24)39-19-8-6-17(7-9-19)18-14-38-43(16-18)20-10-12-42(13-11-20)26(45)29(33,34)35/h2-9,14-16,20H,10-13H2,1H3,(H,36,44)(H2,37,39,40,41). The number of nitrogens with zero attached hydrogens (tertiary/aromatic N) is 5. The van der Waals surface area contributed by atoms with Crippen LogP contribution in [0.25, 0.3) is 11.1 Å². The molecule has 1 saturated heterocycles. The average Bonchev–Trinajstić information content (AvgIpc) is 3.51. The largest absolute Gasteiger partial charge is 0.471 e. The van der Waals surface area contributed by atoms with Gasteiger partial charge in [-0.15, -0.1) is 0 Å². The zero-order valence-corrected chi connectivity index (χ0v) is 23.6. The van der Waals surface area contributed by atoms with Gasteiger partial charge in [0.2, 0.25) is 5.95 Å². The lowest BCUT2D eigenvalue weighted by Crippen LogP contribution is -2.45. The molecule has 3 heterocycles. The maximum absolute atomic E-state index is 13.8. The molecule has 1 aliphatic rings. The molecular weight excluding hydrogens is 606 g/mol. The number of rotatable bonds is 7. The first-order chi connectivity index (χ1) is 21.3. The van der Waals surface area contributed by atoms with E-state index in [1.165, 1.54) is 19.2 Å². The molecule has 1 fully saturated rings. The molecule has 0 saturated carbocycles. The first-order valence-corrected chi connectivity index (χ1v) is 13.6. The first kappa shape index (κ1) is 31.3. The van der Waals surface area contributed by atoms with Crippen molar-refractivity contribution >= 4 is 35.0 Å². The number of para-hydroxylation sites is 1. The van der Waals surface area contributed by atoms with E-state index in [4.69, 9.17) is 0 Å². The smallest absolute Gasteiger partial charge is 0.355 e. The number of carbonyl (C=O) groups excluding carboxylic acids is 2. The second-order valence-electron chi connectivity index (χ2n) is 10.1. The molecule has 1 aliphatic heterocycles. The number of hydrogen-bond donors (Lipinski definition) is 3. The van der Waals surface area contributed by atoms with Gasteiger partial charge < -0.3 is 20.9 Å². The van der Waals surface area contributed by atoms with Crippen LogP contribution >= 0.6 is 0 Å². The number of alkyl halides is 6. The second-order valence-corrected chi connectivity index (χ2v) is 10.1. The highest BCUT2D eigenvalue weighted by molar-refractivity contribution is 6.00. The van der Waals surface area contributed by atoms with E-state index in [0.29, 0.717) is 24.7 Å². The monoisotopic (exact) mass is 632 g/mol. The van der Waals surface area contributed by atoms with Crippen molar-refractivity contribution in [1.82, 2.24) is 30.0 Å². The summed E-state index contributed by atoms with van der Waals surface area (Å²) in [6.07, 6.45) is -4.99. The van der Waals surface area contributed by atoms with Gasteiger partial charge in [0.05, 0.1) is 23.5 Å². The molecule has 2 aromatic heterocycles. The Morgan fingerprint density at radius 2 is 1.58 bits per heavy atom. The molecule has 0 atom stereocenters. The van der Waals surface area contributed by atoms with E-state index in [1.54, 1.807) is 53.5 Å². The van der Waals surface area contributed by atoms with Gasteiger partial charge in [0.15, 0.2) is 0 Å². The Morgan fingerprint density at radius 3 is 2.22 bits per heavy atom. The molecule has 3 N–H and O–H groups in total. The number of nitrogens with one attached hydrogen (secondary N) is 3. The molecular formula is C29H26F6N8O2. The summed E-state index contributed by atoms with van der Waals surface area (Å²) in [5.74, 6) is -3.00. The molecule has 2 amide bonds. The predicted molar refractivity (Wildman–Crippen MR) is 152 cm³/mol. The highest BCUT2D eigenvalue weighted by atomic mass is 19.4.